The van der Waals surface area contributed by atoms with Crippen molar-refractivity contribution in [2.24, 2.45) is 0 Å². The standard InChI is InChI=1S/C14H25NO3S/c1-3-19-9-5-4-7-14(11-16)8-6-13(10-18-14)15-12(2)17/h11,13H,3-10H2,1-2H3,(H,15,17)/t13?,14-/m1/s1. The van der Waals surface area contributed by atoms with Gasteiger partial charge in [0.05, 0.1) is 12.6 Å². The van der Waals surface area contributed by atoms with Crippen molar-refractivity contribution < 1.29 is 14.3 Å². The summed E-state index contributed by atoms with van der Waals surface area (Å²) in [5.74, 6) is 2.26. The number of carbonyl (C=O) groups is 2. The number of ether oxygens (including phenoxy) is 1. The van der Waals surface area contributed by atoms with E-state index >= 15 is 0 Å². The summed E-state index contributed by atoms with van der Waals surface area (Å²) < 4.78 is 5.75. The van der Waals surface area contributed by atoms with Crippen molar-refractivity contribution in [2.45, 2.75) is 57.6 Å². The molecule has 0 saturated carbocycles. The van der Waals surface area contributed by atoms with Crippen molar-refractivity contribution in [3.8, 4) is 0 Å². The number of hydrogen-bond acceptors (Lipinski definition) is 4. The molecule has 1 aliphatic heterocycles. The van der Waals surface area contributed by atoms with Crippen LogP contribution in [-0.2, 0) is 14.3 Å². The fraction of sp³-hybridized carbons (Fsp3) is 0.857. The first-order valence-corrected chi connectivity index (χ1v) is 8.22. The molecule has 0 aromatic heterocycles. The Kier molecular flexibility index (Phi) is 7.46. The molecule has 19 heavy (non-hydrogen) atoms. The lowest BCUT2D eigenvalue weighted by atomic mass is 9.88. The van der Waals surface area contributed by atoms with Gasteiger partial charge >= 0.3 is 0 Å². The first kappa shape index (κ1) is 16.5. The lowest BCUT2D eigenvalue weighted by Gasteiger charge is -2.36. The van der Waals surface area contributed by atoms with Crippen LogP contribution in [0, 0.1) is 0 Å². The topological polar surface area (TPSA) is 55.4 Å². The minimum Gasteiger partial charge on any atom is -0.365 e. The van der Waals surface area contributed by atoms with Crippen LogP contribution in [-0.4, -0.2) is 41.9 Å². The van der Waals surface area contributed by atoms with Crippen LogP contribution in [0.2, 0.25) is 0 Å². The molecule has 1 aliphatic rings. The van der Waals surface area contributed by atoms with Crippen LogP contribution in [0.25, 0.3) is 0 Å². The maximum absolute atomic E-state index is 11.3. The van der Waals surface area contributed by atoms with Crippen LogP contribution in [0.3, 0.4) is 0 Å². The average molecular weight is 287 g/mol. The zero-order valence-corrected chi connectivity index (χ0v) is 12.8. The summed E-state index contributed by atoms with van der Waals surface area (Å²) in [5, 5.41) is 2.84. The summed E-state index contributed by atoms with van der Waals surface area (Å²) in [6, 6.07) is 0.0567. The van der Waals surface area contributed by atoms with E-state index in [2.05, 4.69) is 12.2 Å². The zero-order chi connectivity index (χ0) is 14.1. The second-order valence-electron chi connectivity index (χ2n) is 5.08. The van der Waals surface area contributed by atoms with Crippen LogP contribution < -0.4 is 5.32 Å². The highest BCUT2D eigenvalue weighted by Crippen LogP contribution is 2.28. The van der Waals surface area contributed by atoms with E-state index < -0.39 is 5.60 Å². The summed E-state index contributed by atoms with van der Waals surface area (Å²) in [7, 11) is 0. The number of carbonyl (C=O) groups excluding carboxylic acids is 2. The molecule has 4 nitrogen and oxygen atoms in total. The van der Waals surface area contributed by atoms with Gasteiger partial charge in [0.1, 0.15) is 5.60 Å². The third kappa shape index (κ3) is 5.95. The minimum absolute atomic E-state index is 0.0382. The highest BCUT2D eigenvalue weighted by molar-refractivity contribution is 7.99. The molecule has 1 saturated heterocycles. The Balaban J connectivity index is 2.29. The van der Waals surface area contributed by atoms with Crippen LogP contribution in [0.1, 0.15) is 46.0 Å². The first-order valence-electron chi connectivity index (χ1n) is 7.07. The molecule has 2 atom stereocenters. The molecule has 1 amide bonds. The largest absolute Gasteiger partial charge is 0.365 e. The van der Waals surface area contributed by atoms with Gasteiger partial charge in [0.25, 0.3) is 0 Å². The van der Waals surface area contributed by atoms with Gasteiger partial charge in [0.2, 0.25) is 5.91 Å². The van der Waals surface area contributed by atoms with E-state index in [4.69, 9.17) is 4.74 Å². The summed E-state index contributed by atoms with van der Waals surface area (Å²) in [4.78, 5) is 22.3. The van der Waals surface area contributed by atoms with Gasteiger partial charge < -0.3 is 14.8 Å². The first-order chi connectivity index (χ1) is 9.12. The average Bonchev–Trinajstić information content (AvgIpc) is 2.40. The Bertz CT molecular complexity index is 288. The third-order valence-electron chi connectivity index (χ3n) is 3.45. The number of unbranched alkanes of at least 4 members (excludes halogenated alkanes) is 1. The van der Waals surface area contributed by atoms with Gasteiger partial charge in [-0.15, -0.1) is 0 Å². The highest BCUT2D eigenvalue weighted by atomic mass is 32.2. The molecular formula is C14H25NO3S. The molecule has 1 unspecified atom stereocenters. The Labute approximate surface area is 120 Å². The number of rotatable bonds is 8. The van der Waals surface area contributed by atoms with E-state index in [0.717, 1.165) is 43.5 Å². The molecule has 1 heterocycles. The molecule has 110 valence electrons. The van der Waals surface area contributed by atoms with Crippen molar-refractivity contribution in [3.63, 3.8) is 0 Å². The Morgan fingerprint density at radius 2 is 2.32 bits per heavy atom. The Morgan fingerprint density at radius 1 is 1.53 bits per heavy atom. The number of nitrogens with one attached hydrogen (secondary N) is 1. The van der Waals surface area contributed by atoms with Crippen LogP contribution in [0.5, 0.6) is 0 Å². The number of amides is 1. The van der Waals surface area contributed by atoms with Crippen LogP contribution in [0.4, 0.5) is 0 Å². The predicted octanol–water partition coefficient (Wildman–Crippen LogP) is 2.16. The van der Waals surface area contributed by atoms with E-state index in [1.54, 1.807) is 0 Å². The van der Waals surface area contributed by atoms with Gasteiger partial charge in [-0.1, -0.05) is 6.92 Å². The van der Waals surface area contributed by atoms with Gasteiger partial charge in [-0.2, -0.15) is 11.8 Å². The highest BCUT2D eigenvalue weighted by Gasteiger charge is 2.35. The normalized spacial score (nSPS) is 26.9. The summed E-state index contributed by atoms with van der Waals surface area (Å²) in [6.45, 7) is 4.11. The molecule has 0 aromatic rings. The van der Waals surface area contributed by atoms with Gasteiger partial charge in [-0.25, -0.2) is 0 Å². The Hall–Kier alpha value is -0.550. The summed E-state index contributed by atoms with van der Waals surface area (Å²) >= 11 is 1.93. The summed E-state index contributed by atoms with van der Waals surface area (Å²) in [5.41, 5.74) is -0.605. The van der Waals surface area contributed by atoms with E-state index in [1.165, 1.54) is 6.92 Å². The molecular weight excluding hydrogens is 262 g/mol. The number of hydrogen-bond donors (Lipinski definition) is 1. The molecule has 5 heteroatoms. The lowest BCUT2D eigenvalue weighted by molar-refractivity contribution is -0.142. The maximum atomic E-state index is 11.3. The minimum atomic E-state index is -0.605. The third-order valence-corrected chi connectivity index (χ3v) is 4.44. The number of thioether (sulfide) groups is 1. The SMILES string of the molecule is CCSCCCC[C@]1(C=O)CCC(NC(C)=O)CO1. The predicted molar refractivity (Wildman–Crippen MR) is 78.4 cm³/mol. The van der Waals surface area contributed by atoms with Gasteiger partial charge in [0, 0.05) is 6.92 Å². The zero-order valence-electron chi connectivity index (χ0n) is 11.9. The molecule has 0 bridgehead atoms. The monoisotopic (exact) mass is 287 g/mol. The quantitative estimate of drug-likeness (QED) is 0.549. The molecule has 1 fully saturated rings. The van der Waals surface area contributed by atoms with Gasteiger partial charge in [-0.3, -0.25) is 4.79 Å². The smallest absolute Gasteiger partial charge is 0.217 e. The van der Waals surface area contributed by atoms with Gasteiger partial charge in [0.15, 0.2) is 6.29 Å². The van der Waals surface area contributed by atoms with Crippen molar-refractivity contribution in [3.05, 3.63) is 0 Å². The van der Waals surface area contributed by atoms with Crippen molar-refractivity contribution in [1.82, 2.24) is 5.32 Å². The summed E-state index contributed by atoms with van der Waals surface area (Å²) in [6.07, 6.45) is 5.45. The van der Waals surface area contributed by atoms with E-state index in [0.29, 0.717) is 13.0 Å². The molecule has 1 N–H and O–H groups in total. The lowest BCUT2D eigenvalue weighted by Crippen LogP contribution is -2.48. The van der Waals surface area contributed by atoms with E-state index in [-0.39, 0.29) is 11.9 Å². The molecule has 0 spiro atoms. The van der Waals surface area contributed by atoms with Crippen molar-refractivity contribution in [2.75, 3.05) is 18.1 Å². The van der Waals surface area contributed by atoms with Crippen LogP contribution >= 0.6 is 11.8 Å². The second kappa shape index (κ2) is 8.59. The molecule has 0 aliphatic carbocycles. The Morgan fingerprint density at radius 3 is 2.84 bits per heavy atom. The fourth-order valence-electron chi connectivity index (χ4n) is 2.36. The molecule has 1 rings (SSSR count). The van der Waals surface area contributed by atoms with Crippen LogP contribution in [0.15, 0.2) is 0 Å². The molecule has 0 aromatic carbocycles. The fourth-order valence-corrected chi connectivity index (χ4v) is 3.06. The van der Waals surface area contributed by atoms with Crippen molar-refractivity contribution >= 4 is 24.0 Å². The molecule has 0 radical (unpaired) electrons. The van der Waals surface area contributed by atoms with Gasteiger partial charge in [-0.05, 0) is 43.6 Å². The number of aldehydes is 1. The van der Waals surface area contributed by atoms with E-state index in [9.17, 15) is 9.59 Å². The van der Waals surface area contributed by atoms with Crippen molar-refractivity contribution in [1.29, 1.82) is 0 Å². The maximum Gasteiger partial charge on any atom is 0.217 e. The second-order valence-corrected chi connectivity index (χ2v) is 6.48. The van der Waals surface area contributed by atoms with E-state index in [1.807, 2.05) is 11.8 Å².